The van der Waals surface area contributed by atoms with Crippen molar-refractivity contribution >= 4 is 21.6 Å². The van der Waals surface area contributed by atoms with Gasteiger partial charge in [-0.3, -0.25) is 4.79 Å². The number of carbonyl (C=O) groups excluding carboxylic acids is 1. The Labute approximate surface area is 125 Å². The first kappa shape index (κ1) is 15.9. The highest BCUT2D eigenvalue weighted by atomic mass is 32.2. The second-order valence-electron chi connectivity index (χ2n) is 4.82. The van der Waals surface area contributed by atoms with Crippen molar-refractivity contribution in [1.82, 2.24) is 4.72 Å². The van der Waals surface area contributed by atoms with Crippen LogP contribution in [0.5, 0.6) is 0 Å². The van der Waals surface area contributed by atoms with Crippen molar-refractivity contribution in [2.45, 2.75) is 24.7 Å². The SMILES string of the molecule is CCN1C(=O)CCc2cc(S(=O)(=O)NCCOC)ccc21. The van der Waals surface area contributed by atoms with Crippen molar-refractivity contribution < 1.29 is 17.9 Å². The van der Waals surface area contributed by atoms with E-state index in [4.69, 9.17) is 4.74 Å². The van der Waals surface area contributed by atoms with Gasteiger partial charge in [-0.15, -0.1) is 0 Å². The van der Waals surface area contributed by atoms with Gasteiger partial charge in [0.25, 0.3) is 0 Å². The van der Waals surface area contributed by atoms with Gasteiger partial charge >= 0.3 is 0 Å². The van der Waals surface area contributed by atoms with Crippen LogP contribution < -0.4 is 9.62 Å². The number of fused-ring (bicyclic) bond motifs is 1. The molecule has 0 aliphatic carbocycles. The molecular weight excluding hydrogens is 292 g/mol. The quantitative estimate of drug-likeness (QED) is 0.792. The predicted molar refractivity (Wildman–Crippen MR) is 79.9 cm³/mol. The maximum Gasteiger partial charge on any atom is 0.240 e. The van der Waals surface area contributed by atoms with E-state index in [2.05, 4.69) is 4.72 Å². The molecule has 6 nitrogen and oxygen atoms in total. The molecule has 0 spiro atoms. The molecule has 1 aliphatic rings. The maximum absolute atomic E-state index is 12.2. The van der Waals surface area contributed by atoms with Crippen LogP contribution in [-0.2, 0) is 26.0 Å². The first-order valence-corrected chi connectivity index (χ1v) is 8.40. The van der Waals surface area contributed by atoms with E-state index < -0.39 is 10.0 Å². The lowest BCUT2D eigenvalue weighted by atomic mass is 10.0. The van der Waals surface area contributed by atoms with Crippen LogP contribution in [0.4, 0.5) is 5.69 Å². The third kappa shape index (κ3) is 3.42. The first-order chi connectivity index (χ1) is 9.99. The molecule has 0 atom stereocenters. The number of sulfonamides is 1. The van der Waals surface area contributed by atoms with Gasteiger partial charge in [0, 0.05) is 32.3 Å². The smallest absolute Gasteiger partial charge is 0.240 e. The molecule has 1 N–H and O–H groups in total. The highest BCUT2D eigenvalue weighted by Gasteiger charge is 2.24. The largest absolute Gasteiger partial charge is 0.383 e. The first-order valence-electron chi connectivity index (χ1n) is 6.91. The topological polar surface area (TPSA) is 75.7 Å². The number of rotatable bonds is 6. The number of nitrogens with one attached hydrogen (secondary N) is 1. The number of carbonyl (C=O) groups is 1. The van der Waals surface area contributed by atoms with Crippen molar-refractivity contribution in [2.75, 3.05) is 31.7 Å². The number of hydrogen-bond donors (Lipinski definition) is 1. The molecule has 1 aliphatic heterocycles. The Kier molecular flexibility index (Phi) is 4.97. The van der Waals surface area contributed by atoms with Crippen LogP contribution >= 0.6 is 0 Å². The molecule has 1 heterocycles. The summed E-state index contributed by atoms with van der Waals surface area (Å²) in [5, 5.41) is 0. The van der Waals surface area contributed by atoms with Crippen LogP contribution in [0.3, 0.4) is 0 Å². The van der Waals surface area contributed by atoms with Gasteiger partial charge in [-0.2, -0.15) is 0 Å². The summed E-state index contributed by atoms with van der Waals surface area (Å²) < 4.78 is 31.6. The standard InChI is InChI=1S/C14H20N2O4S/c1-3-16-13-6-5-12(10-11(13)4-7-14(16)17)21(18,19)15-8-9-20-2/h5-6,10,15H,3-4,7-9H2,1-2H3. The van der Waals surface area contributed by atoms with E-state index in [0.29, 0.717) is 26.0 Å². The van der Waals surface area contributed by atoms with E-state index in [-0.39, 0.29) is 17.3 Å². The Morgan fingerprint density at radius 1 is 1.33 bits per heavy atom. The van der Waals surface area contributed by atoms with E-state index in [9.17, 15) is 13.2 Å². The molecule has 1 aromatic carbocycles. The molecule has 1 amide bonds. The number of aryl methyl sites for hydroxylation is 1. The zero-order valence-electron chi connectivity index (χ0n) is 12.3. The number of methoxy groups -OCH3 is 1. The van der Waals surface area contributed by atoms with Crippen LogP contribution in [0.15, 0.2) is 23.1 Å². The Hall–Kier alpha value is -1.44. The lowest BCUT2D eigenvalue weighted by molar-refractivity contribution is -0.118. The molecule has 1 aromatic rings. The van der Waals surface area contributed by atoms with E-state index in [1.54, 1.807) is 17.0 Å². The third-order valence-corrected chi connectivity index (χ3v) is 4.93. The second kappa shape index (κ2) is 6.55. The van der Waals surface area contributed by atoms with Crippen LogP contribution in [-0.4, -0.2) is 41.1 Å². The van der Waals surface area contributed by atoms with Crippen LogP contribution in [0.25, 0.3) is 0 Å². The van der Waals surface area contributed by atoms with Gasteiger partial charge in [-0.05, 0) is 37.1 Å². The fourth-order valence-corrected chi connectivity index (χ4v) is 3.47. The predicted octanol–water partition coefficient (Wildman–Crippen LogP) is 0.910. The molecular formula is C14H20N2O4S. The maximum atomic E-state index is 12.2. The lowest BCUT2D eigenvalue weighted by Gasteiger charge is -2.28. The number of ether oxygens (including phenoxy) is 1. The minimum absolute atomic E-state index is 0.0822. The molecule has 0 unspecified atom stereocenters. The molecule has 0 aromatic heterocycles. The Balaban J connectivity index is 2.27. The molecule has 116 valence electrons. The molecule has 0 radical (unpaired) electrons. The van der Waals surface area contributed by atoms with Gasteiger partial charge < -0.3 is 9.64 Å². The van der Waals surface area contributed by atoms with E-state index in [1.165, 1.54) is 13.2 Å². The fourth-order valence-electron chi connectivity index (χ4n) is 2.41. The summed E-state index contributed by atoms with van der Waals surface area (Å²) in [5.41, 5.74) is 1.70. The lowest BCUT2D eigenvalue weighted by Crippen LogP contribution is -2.35. The molecule has 0 saturated carbocycles. The van der Waals surface area contributed by atoms with Crippen LogP contribution in [0, 0.1) is 0 Å². The summed E-state index contributed by atoms with van der Waals surface area (Å²) in [5.74, 6) is 0.0822. The summed E-state index contributed by atoms with van der Waals surface area (Å²) in [6.45, 7) is 3.05. The number of benzene rings is 1. The van der Waals surface area contributed by atoms with Crippen LogP contribution in [0.1, 0.15) is 18.9 Å². The van der Waals surface area contributed by atoms with E-state index in [0.717, 1.165) is 11.3 Å². The van der Waals surface area contributed by atoms with Gasteiger partial charge in [0.1, 0.15) is 0 Å². The van der Waals surface area contributed by atoms with Gasteiger partial charge in [-0.25, -0.2) is 13.1 Å². The Morgan fingerprint density at radius 3 is 2.76 bits per heavy atom. The van der Waals surface area contributed by atoms with Crippen molar-refractivity contribution in [1.29, 1.82) is 0 Å². The summed E-state index contributed by atoms with van der Waals surface area (Å²) >= 11 is 0. The zero-order chi connectivity index (χ0) is 15.5. The number of amides is 1. The molecule has 21 heavy (non-hydrogen) atoms. The molecule has 0 fully saturated rings. The fraction of sp³-hybridized carbons (Fsp3) is 0.500. The molecule has 7 heteroatoms. The summed E-state index contributed by atoms with van der Waals surface area (Å²) in [6, 6.07) is 4.90. The van der Waals surface area contributed by atoms with Crippen molar-refractivity contribution in [3.05, 3.63) is 23.8 Å². The average Bonchev–Trinajstić information content (AvgIpc) is 2.47. The minimum Gasteiger partial charge on any atom is -0.383 e. The van der Waals surface area contributed by atoms with E-state index >= 15 is 0 Å². The highest BCUT2D eigenvalue weighted by Crippen LogP contribution is 2.29. The van der Waals surface area contributed by atoms with Crippen molar-refractivity contribution in [2.24, 2.45) is 0 Å². The van der Waals surface area contributed by atoms with Crippen LogP contribution in [0.2, 0.25) is 0 Å². The zero-order valence-corrected chi connectivity index (χ0v) is 13.1. The van der Waals surface area contributed by atoms with E-state index in [1.807, 2.05) is 6.92 Å². The highest BCUT2D eigenvalue weighted by molar-refractivity contribution is 7.89. The Bertz CT molecular complexity index is 628. The van der Waals surface area contributed by atoms with Crippen molar-refractivity contribution in [3.63, 3.8) is 0 Å². The summed E-state index contributed by atoms with van der Waals surface area (Å²) in [7, 11) is -2.02. The van der Waals surface area contributed by atoms with Gasteiger partial charge in [0.15, 0.2) is 0 Å². The normalized spacial score (nSPS) is 15.1. The number of nitrogens with zero attached hydrogens (tertiary/aromatic N) is 1. The second-order valence-corrected chi connectivity index (χ2v) is 6.59. The number of anilines is 1. The van der Waals surface area contributed by atoms with Gasteiger partial charge in [0.2, 0.25) is 15.9 Å². The third-order valence-electron chi connectivity index (χ3n) is 3.48. The summed E-state index contributed by atoms with van der Waals surface area (Å²) in [4.78, 5) is 13.7. The number of hydrogen-bond acceptors (Lipinski definition) is 4. The monoisotopic (exact) mass is 312 g/mol. The summed E-state index contributed by atoms with van der Waals surface area (Å²) in [6.07, 6.45) is 0.994. The molecule has 0 saturated heterocycles. The average molecular weight is 312 g/mol. The van der Waals surface area contributed by atoms with Gasteiger partial charge in [-0.1, -0.05) is 0 Å². The Morgan fingerprint density at radius 2 is 2.10 bits per heavy atom. The van der Waals surface area contributed by atoms with Gasteiger partial charge in [0.05, 0.1) is 11.5 Å². The van der Waals surface area contributed by atoms with Crippen molar-refractivity contribution in [3.8, 4) is 0 Å². The molecule has 2 rings (SSSR count). The minimum atomic E-state index is -3.54. The molecule has 0 bridgehead atoms.